The Hall–Kier alpha value is -1.27. The van der Waals surface area contributed by atoms with Crippen LogP contribution in [0.4, 0.5) is 5.69 Å². The van der Waals surface area contributed by atoms with Crippen molar-refractivity contribution >= 4 is 15.7 Å². The zero-order chi connectivity index (χ0) is 13.8. The van der Waals surface area contributed by atoms with E-state index in [0.717, 1.165) is 0 Å². The van der Waals surface area contributed by atoms with Crippen LogP contribution in [0.2, 0.25) is 0 Å². The molecule has 5 nitrogen and oxygen atoms in total. The van der Waals surface area contributed by atoms with Crippen LogP contribution in [0.25, 0.3) is 0 Å². The summed E-state index contributed by atoms with van der Waals surface area (Å²) >= 11 is 0. The Labute approximate surface area is 109 Å². The number of benzene rings is 1. The highest BCUT2D eigenvalue weighted by Gasteiger charge is 2.28. The standard InChI is InChI=1S/C12H20N2O3S/c1-4-10(9-13)18(15,16)14(2)11-7-5-6-8-12(11)17-3/h5-8,10H,4,9,13H2,1-3H3. The van der Waals surface area contributed by atoms with Gasteiger partial charge in [-0.05, 0) is 18.6 Å². The first-order chi connectivity index (χ1) is 8.48. The van der Waals surface area contributed by atoms with Crippen molar-refractivity contribution in [3.8, 4) is 5.75 Å². The van der Waals surface area contributed by atoms with Gasteiger partial charge in [-0.3, -0.25) is 4.31 Å². The molecule has 0 saturated carbocycles. The first-order valence-electron chi connectivity index (χ1n) is 5.79. The van der Waals surface area contributed by atoms with E-state index in [2.05, 4.69) is 0 Å². The molecular weight excluding hydrogens is 252 g/mol. The minimum Gasteiger partial charge on any atom is -0.495 e. The second-order valence-electron chi connectivity index (χ2n) is 3.95. The van der Waals surface area contributed by atoms with Crippen molar-refractivity contribution in [1.29, 1.82) is 0 Å². The van der Waals surface area contributed by atoms with Crippen LogP contribution in [0.15, 0.2) is 24.3 Å². The molecule has 2 N–H and O–H groups in total. The number of hydrogen-bond acceptors (Lipinski definition) is 4. The number of nitrogens with zero attached hydrogens (tertiary/aromatic N) is 1. The molecule has 0 bridgehead atoms. The summed E-state index contributed by atoms with van der Waals surface area (Å²) in [6, 6.07) is 7.00. The molecule has 0 fully saturated rings. The molecule has 0 aliphatic rings. The number of methoxy groups -OCH3 is 1. The molecule has 0 heterocycles. The number of para-hydroxylation sites is 2. The lowest BCUT2D eigenvalue weighted by atomic mass is 10.3. The number of nitrogens with two attached hydrogens (primary N) is 1. The minimum absolute atomic E-state index is 0.109. The average Bonchev–Trinajstić information content (AvgIpc) is 2.38. The van der Waals surface area contributed by atoms with Crippen LogP contribution in [0.1, 0.15) is 13.3 Å². The summed E-state index contributed by atoms with van der Waals surface area (Å²) < 4.78 is 31.1. The van der Waals surface area contributed by atoms with Crippen molar-refractivity contribution in [2.45, 2.75) is 18.6 Å². The molecule has 0 aliphatic carbocycles. The molecule has 1 rings (SSSR count). The lowest BCUT2D eigenvalue weighted by molar-refractivity contribution is 0.415. The Kier molecular flexibility index (Phi) is 4.98. The van der Waals surface area contributed by atoms with Gasteiger partial charge in [0, 0.05) is 13.6 Å². The van der Waals surface area contributed by atoms with Crippen molar-refractivity contribution in [2.24, 2.45) is 5.73 Å². The summed E-state index contributed by atoms with van der Waals surface area (Å²) in [7, 11) is -0.426. The number of sulfonamides is 1. The predicted molar refractivity (Wildman–Crippen MR) is 73.5 cm³/mol. The number of ether oxygens (including phenoxy) is 1. The molecule has 1 aromatic carbocycles. The third-order valence-corrected chi connectivity index (χ3v) is 5.27. The largest absolute Gasteiger partial charge is 0.495 e. The summed E-state index contributed by atoms with van der Waals surface area (Å²) in [6.07, 6.45) is 0.484. The zero-order valence-electron chi connectivity index (χ0n) is 11.0. The van der Waals surface area contributed by atoms with Gasteiger partial charge in [-0.2, -0.15) is 0 Å². The Balaban J connectivity index is 3.17. The van der Waals surface area contributed by atoms with Gasteiger partial charge < -0.3 is 10.5 Å². The minimum atomic E-state index is -3.46. The quantitative estimate of drug-likeness (QED) is 0.844. The molecule has 6 heteroatoms. The number of rotatable bonds is 6. The molecule has 1 unspecified atom stereocenters. The fraction of sp³-hybridized carbons (Fsp3) is 0.500. The molecule has 0 saturated heterocycles. The monoisotopic (exact) mass is 272 g/mol. The van der Waals surface area contributed by atoms with E-state index < -0.39 is 15.3 Å². The van der Waals surface area contributed by atoms with Crippen LogP contribution in [0.3, 0.4) is 0 Å². The molecule has 0 radical (unpaired) electrons. The van der Waals surface area contributed by atoms with Crippen molar-refractivity contribution in [2.75, 3.05) is 25.0 Å². The lowest BCUT2D eigenvalue weighted by Crippen LogP contribution is -2.40. The molecular formula is C12H20N2O3S. The van der Waals surface area contributed by atoms with Crippen molar-refractivity contribution in [1.82, 2.24) is 0 Å². The zero-order valence-corrected chi connectivity index (χ0v) is 11.8. The Bertz CT molecular complexity index is 484. The molecule has 1 aromatic rings. The van der Waals surface area contributed by atoms with Gasteiger partial charge in [0.05, 0.1) is 18.0 Å². The van der Waals surface area contributed by atoms with Crippen LogP contribution in [-0.4, -0.2) is 34.4 Å². The fourth-order valence-corrected chi connectivity index (χ4v) is 3.29. The van der Waals surface area contributed by atoms with Gasteiger partial charge >= 0.3 is 0 Å². The van der Waals surface area contributed by atoms with E-state index in [-0.39, 0.29) is 6.54 Å². The first kappa shape index (κ1) is 14.8. The van der Waals surface area contributed by atoms with Gasteiger partial charge in [0.2, 0.25) is 10.0 Å². The van der Waals surface area contributed by atoms with E-state index >= 15 is 0 Å². The van der Waals surface area contributed by atoms with E-state index in [9.17, 15) is 8.42 Å². The van der Waals surface area contributed by atoms with Gasteiger partial charge in [0.25, 0.3) is 0 Å². The molecule has 0 amide bonds. The number of anilines is 1. The SMILES string of the molecule is CCC(CN)S(=O)(=O)N(C)c1ccccc1OC. The highest BCUT2D eigenvalue weighted by atomic mass is 32.2. The Morgan fingerprint density at radius 2 is 2.00 bits per heavy atom. The van der Waals surface area contributed by atoms with Gasteiger partial charge in [0.15, 0.2) is 0 Å². The van der Waals surface area contributed by atoms with Gasteiger partial charge in [0.1, 0.15) is 5.75 Å². The second kappa shape index (κ2) is 6.06. The van der Waals surface area contributed by atoms with E-state index in [1.54, 1.807) is 24.3 Å². The smallest absolute Gasteiger partial charge is 0.239 e. The van der Waals surface area contributed by atoms with Crippen LogP contribution in [0.5, 0.6) is 5.75 Å². The molecule has 0 aliphatic heterocycles. The van der Waals surface area contributed by atoms with Crippen LogP contribution >= 0.6 is 0 Å². The topological polar surface area (TPSA) is 72.6 Å². The van der Waals surface area contributed by atoms with Crippen molar-refractivity contribution in [3.05, 3.63) is 24.3 Å². The molecule has 18 heavy (non-hydrogen) atoms. The maximum absolute atomic E-state index is 12.4. The summed E-state index contributed by atoms with van der Waals surface area (Å²) in [6.45, 7) is 1.92. The summed E-state index contributed by atoms with van der Waals surface area (Å²) in [5, 5.41) is -0.576. The third-order valence-electron chi connectivity index (χ3n) is 2.95. The predicted octanol–water partition coefficient (Wildman–Crippen LogP) is 1.20. The molecule has 1 atom stereocenters. The third kappa shape index (κ3) is 2.76. The molecule has 0 aromatic heterocycles. The van der Waals surface area contributed by atoms with Crippen molar-refractivity contribution in [3.63, 3.8) is 0 Å². The summed E-state index contributed by atoms with van der Waals surface area (Å²) in [4.78, 5) is 0. The second-order valence-corrected chi connectivity index (χ2v) is 6.19. The Morgan fingerprint density at radius 1 is 1.39 bits per heavy atom. The fourth-order valence-electron chi connectivity index (χ4n) is 1.75. The summed E-state index contributed by atoms with van der Waals surface area (Å²) in [5.74, 6) is 0.524. The molecule has 102 valence electrons. The highest BCUT2D eigenvalue weighted by molar-refractivity contribution is 7.93. The maximum Gasteiger partial charge on any atom is 0.239 e. The Morgan fingerprint density at radius 3 is 2.50 bits per heavy atom. The normalized spacial score (nSPS) is 13.1. The van der Waals surface area contributed by atoms with E-state index in [1.165, 1.54) is 18.5 Å². The average molecular weight is 272 g/mol. The lowest BCUT2D eigenvalue weighted by Gasteiger charge is -2.25. The van der Waals surface area contributed by atoms with Gasteiger partial charge in [-0.15, -0.1) is 0 Å². The first-order valence-corrected chi connectivity index (χ1v) is 7.30. The van der Waals surface area contributed by atoms with E-state index in [4.69, 9.17) is 10.5 Å². The van der Waals surface area contributed by atoms with Crippen LogP contribution < -0.4 is 14.8 Å². The van der Waals surface area contributed by atoms with Crippen LogP contribution in [0, 0.1) is 0 Å². The highest BCUT2D eigenvalue weighted by Crippen LogP contribution is 2.29. The van der Waals surface area contributed by atoms with E-state index in [1.807, 2.05) is 6.92 Å². The van der Waals surface area contributed by atoms with Gasteiger partial charge in [-0.1, -0.05) is 19.1 Å². The molecule has 0 spiro atoms. The van der Waals surface area contributed by atoms with Crippen LogP contribution in [-0.2, 0) is 10.0 Å². The number of hydrogen-bond donors (Lipinski definition) is 1. The maximum atomic E-state index is 12.4. The van der Waals surface area contributed by atoms with E-state index in [0.29, 0.717) is 17.9 Å². The van der Waals surface area contributed by atoms with Gasteiger partial charge in [-0.25, -0.2) is 8.42 Å². The van der Waals surface area contributed by atoms with Crippen molar-refractivity contribution < 1.29 is 13.2 Å². The summed E-state index contributed by atoms with van der Waals surface area (Å²) in [5.41, 5.74) is 6.04.